The number of nitrogens with zero attached hydrogens (tertiary/aromatic N) is 2. The average molecular weight is 356 g/mol. The second-order valence-corrected chi connectivity index (χ2v) is 7.25. The van der Waals surface area contributed by atoms with Gasteiger partial charge in [0.25, 0.3) is 0 Å². The van der Waals surface area contributed by atoms with Gasteiger partial charge in [-0.3, -0.25) is 0 Å². The van der Waals surface area contributed by atoms with Crippen LogP contribution in [-0.4, -0.2) is 22.7 Å². The highest BCUT2D eigenvalue weighted by Crippen LogP contribution is 2.29. The Morgan fingerprint density at radius 1 is 0.923 bits per heavy atom. The molecule has 0 amide bonds. The summed E-state index contributed by atoms with van der Waals surface area (Å²) in [5.74, 6) is 1.62. The van der Waals surface area contributed by atoms with Crippen LogP contribution in [-0.2, 0) is 22.7 Å². The second kappa shape index (κ2) is 8.47. The largest absolute Gasteiger partial charge is 0.384 e. The SMILES string of the molecule is Cc1cc(N)nc(COC[C@@H]2CC[C@@H](OCc3cc(C)cc(N)n3)C2)c1. The molecule has 2 atom stereocenters. The van der Waals surface area contributed by atoms with E-state index in [-0.39, 0.29) is 6.10 Å². The van der Waals surface area contributed by atoms with Gasteiger partial charge in [0.1, 0.15) is 11.6 Å². The lowest BCUT2D eigenvalue weighted by Crippen LogP contribution is -2.12. The van der Waals surface area contributed by atoms with Gasteiger partial charge in [0.15, 0.2) is 0 Å². The molecule has 3 rings (SSSR count). The van der Waals surface area contributed by atoms with Crippen molar-refractivity contribution in [1.82, 2.24) is 9.97 Å². The first-order chi connectivity index (χ1) is 12.5. The standard InChI is InChI=1S/C20H28N4O2/c1-13-5-16(23-19(21)7-13)11-25-10-15-3-4-18(9-15)26-12-17-6-14(2)8-20(22)24-17/h5-8,15,18H,3-4,9-12H2,1-2H3,(H2,21,23)(H2,22,24)/t15-,18-/m1/s1. The van der Waals surface area contributed by atoms with Gasteiger partial charge in [0.05, 0.1) is 37.3 Å². The molecular formula is C20H28N4O2. The second-order valence-electron chi connectivity index (χ2n) is 7.25. The van der Waals surface area contributed by atoms with Crippen LogP contribution >= 0.6 is 0 Å². The minimum atomic E-state index is 0.264. The van der Waals surface area contributed by atoms with Crippen molar-refractivity contribution < 1.29 is 9.47 Å². The first-order valence-corrected chi connectivity index (χ1v) is 9.13. The van der Waals surface area contributed by atoms with Crippen LogP contribution in [0.4, 0.5) is 11.6 Å². The Labute approximate surface area is 154 Å². The zero-order chi connectivity index (χ0) is 18.5. The van der Waals surface area contributed by atoms with Crippen LogP contribution in [0.25, 0.3) is 0 Å². The number of nitrogens with two attached hydrogens (primary N) is 2. The van der Waals surface area contributed by atoms with Crippen molar-refractivity contribution >= 4 is 11.6 Å². The highest BCUT2D eigenvalue weighted by molar-refractivity contribution is 5.34. The fourth-order valence-corrected chi connectivity index (χ4v) is 3.55. The first-order valence-electron chi connectivity index (χ1n) is 9.13. The molecule has 1 fully saturated rings. The van der Waals surface area contributed by atoms with Crippen LogP contribution < -0.4 is 11.5 Å². The molecule has 0 aliphatic heterocycles. The monoisotopic (exact) mass is 356 g/mol. The number of aryl methyl sites for hydroxylation is 2. The Morgan fingerprint density at radius 2 is 1.54 bits per heavy atom. The fourth-order valence-electron chi connectivity index (χ4n) is 3.55. The average Bonchev–Trinajstić information content (AvgIpc) is 2.99. The smallest absolute Gasteiger partial charge is 0.123 e. The Hall–Kier alpha value is -2.18. The van der Waals surface area contributed by atoms with Crippen molar-refractivity contribution in [2.75, 3.05) is 18.1 Å². The number of nitrogen functional groups attached to an aromatic ring is 2. The molecule has 1 aliphatic rings. The Kier molecular flexibility index (Phi) is 6.06. The lowest BCUT2D eigenvalue weighted by atomic mass is 10.1. The molecule has 0 radical (unpaired) electrons. The summed E-state index contributed by atoms with van der Waals surface area (Å²) >= 11 is 0. The quantitative estimate of drug-likeness (QED) is 0.791. The van der Waals surface area contributed by atoms with Crippen molar-refractivity contribution in [2.45, 2.75) is 52.4 Å². The number of ether oxygens (including phenoxy) is 2. The zero-order valence-corrected chi connectivity index (χ0v) is 15.6. The molecule has 0 aromatic carbocycles. The molecule has 0 saturated heterocycles. The van der Waals surface area contributed by atoms with E-state index in [0.717, 1.165) is 48.4 Å². The van der Waals surface area contributed by atoms with E-state index in [1.807, 2.05) is 38.1 Å². The number of hydrogen-bond acceptors (Lipinski definition) is 6. The molecule has 26 heavy (non-hydrogen) atoms. The molecule has 2 aromatic heterocycles. The number of rotatable bonds is 7. The van der Waals surface area contributed by atoms with E-state index in [0.29, 0.717) is 30.8 Å². The summed E-state index contributed by atoms with van der Waals surface area (Å²) in [4.78, 5) is 8.62. The number of aromatic nitrogens is 2. The highest BCUT2D eigenvalue weighted by atomic mass is 16.5. The van der Waals surface area contributed by atoms with Crippen molar-refractivity contribution in [1.29, 1.82) is 0 Å². The van der Waals surface area contributed by atoms with E-state index in [9.17, 15) is 0 Å². The van der Waals surface area contributed by atoms with E-state index in [2.05, 4.69) is 9.97 Å². The van der Waals surface area contributed by atoms with E-state index >= 15 is 0 Å². The van der Waals surface area contributed by atoms with Gasteiger partial charge in [-0.15, -0.1) is 0 Å². The summed E-state index contributed by atoms with van der Waals surface area (Å²) in [6.45, 7) is 5.76. The number of pyridine rings is 2. The summed E-state index contributed by atoms with van der Waals surface area (Å²) in [6, 6.07) is 7.76. The van der Waals surface area contributed by atoms with Gasteiger partial charge in [-0.25, -0.2) is 9.97 Å². The van der Waals surface area contributed by atoms with Gasteiger partial charge in [-0.1, -0.05) is 0 Å². The Morgan fingerprint density at radius 3 is 2.15 bits per heavy atom. The maximum Gasteiger partial charge on any atom is 0.123 e. The molecular weight excluding hydrogens is 328 g/mol. The van der Waals surface area contributed by atoms with E-state index < -0.39 is 0 Å². The molecule has 4 N–H and O–H groups in total. The van der Waals surface area contributed by atoms with Crippen molar-refractivity contribution in [2.24, 2.45) is 5.92 Å². The lowest BCUT2D eigenvalue weighted by Gasteiger charge is -2.13. The molecule has 0 spiro atoms. The summed E-state index contributed by atoms with van der Waals surface area (Å²) in [6.07, 6.45) is 3.47. The van der Waals surface area contributed by atoms with Gasteiger partial charge in [-0.2, -0.15) is 0 Å². The van der Waals surface area contributed by atoms with E-state index in [1.165, 1.54) is 0 Å². The van der Waals surface area contributed by atoms with Crippen LogP contribution in [0.15, 0.2) is 24.3 Å². The van der Waals surface area contributed by atoms with Gasteiger partial charge in [0, 0.05) is 0 Å². The molecule has 1 saturated carbocycles. The van der Waals surface area contributed by atoms with Gasteiger partial charge < -0.3 is 20.9 Å². The van der Waals surface area contributed by atoms with Crippen molar-refractivity contribution in [3.63, 3.8) is 0 Å². The molecule has 2 heterocycles. The molecule has 2 aromatic rings. The summed E-state index contributed by atoms with van der Waals surface area (Å²) in [5, 5.41) is 0. The molecule has 6 heteroatoms. The topological polar surface area (TPSA) is 96.3 Å². The summed E-state index contributed by atoms with van der Waals surface area (Å²) < 4.78 is 11.9. The third-order valence-corrected chi connectivity index (χ3v) is 4.65. The number of anilines is 2. The van der Waals surface area contributed by atoms with Crippen molar-refractivity contribution in [3.8, 4) is 0 Å². The Bertz CT molecular complexity index is 710. The van der Waals surface area contributed by atoms with E-state index in [4.69, 9.17) is 20.9 Å². The third kappa shape index (κ3) is 5.41. The van der Waals surface area contributed by atoms with Crippen LogP contribution in [0, 0.1) is 19.8 Å². The molecule has 0 unspecified atom stereocenters. The van der Waals surface area contributed by atoms with Gasteiger partial charge in [0.2, 0.25) is 0 Å². The minimum Gasteiger partial charge on any atom is -0.384 e. The zero-order valence-electron chi connectivity index (χ0n) is 15.6. The molecule has 0 bridgehead atoms. The van der Waals surface area contributed by atoms with Crippen molar-refractivity contribution in [3.05, 3.63) is 46.8 Å². The van der Waals surface area contributed by atoms with Crippen LogP contribution in [0.3, 0.4) is 0 Å². The summed E-state index contributed by atoms with van der Waals surface area (Å²) in [7, 11) is 0. The molecule has 1 aliphatic carbocycles. The first kappa shape index (κ1) is 18.6. The van der Waals surface area contributed by atoms with Gasteiger partial charge >= 0.3 is 0 Å². The molecule has 140 valence electrons. The normalized spacial score (nSPS) is 19.8. The van der Waals surface area contributed by atoms with E-state index in [1.54, 1.807) is 0 Å². The summed E-state index contributed by atoms with van der Waals surface area (Å²) in [5.41, 5.74) is 15.6. The minimum absolute atomic E-state index is 0.264. The Balaban J connectivity index is 1.39. The lowest BCUT2D eigenvalue weighted by molar-refractivity contribution is 0.0328. The predicted molar refractivity (Wildman–Crippen MR) is 102 cm³/mol. The highest BCUT2D eigenvalue weighted by Gasteiger charge is 2.25. The third-order valence-electron chi connectivity index (χ3n) is 4.65. The number of hydrogen-bond donors (Lipinski definition) is 2. The van der Waals surface area contributed by atoms with Crippen LogP contribution in [0.2, 0.25) is 0 Å². The maximum absolute atomic E-state index is 6.02. The van der Waals surface area contributed by atoms with Crippen LogP contribution in [0.5, 0.6) is 0 Å². The molecule has 6 nitrogen and oxygen atoms in total. The van der Waals surface area contributed by atoms with Gasteiger partial charge in [-0.05, 0) is 74.4 Å². The predicted octanol–water partition coefficient (Wildman–Crippen LogP) is 3.16. The van der Waals surface area contributed by atoms with Crippen LogP contribution in [0.1, 0.15) is 41.8 Å². The maximum atomic E-state index is 6.02. The fraction of sp³-hybridized carbons (Fsp3) is 0.500.